The van der Waals surface area contributed by atoms with E-state index in [4.69, 9.17) is 15.7 Å². The Bertz CT molecular complexity index is 916. The lowest BCUT2D eigenvalue weighted by molar-refractivity contribution is -0.137. The first kappa shape index (κ1) is 25.4. The monoisotopic (exact) mass is 454 g/mol. The number of hydrazone groups is 1. The fourth-order valence-electron chi connectivity index (χ4n) is 3.09. The second-order valence-electron chi connectivity index (χ2n) is 7.46. The fraction of sp³-hybridized carbons (Fsp3) is 0.333. The Morgan fingerprint density at radius 1 is 1.03 bits per heavy atom. The van der Waals surface area contributed by atoms with Crippen LogP contribution < -0.4 is 16.5 Å². The van der Waals surface area contributed by atoms with E-state index in [1.165, 1.54) is 0 Å². The minimum atomic E-state index is -1.05. The Morgan fingerprint density at radius 3 is 2.42 bits per heavy atom. The van der Waals surface area contributed by atoms with Gasteiger partial charge < -0.3 is 26.3 Å². The zero-order chi connectivity index (χ0) is 23.9. The van der Waals surface area contributed by atoms with E-state index in [9.17, 15) is 14.4 Å². The van der Waals surface area contributed by atoms with Crippen LogP contribution in [-0.4, -0.2) is 41.9 Å². The lowest BCUT2D eigenvalue weighted by Crippen LogP contribution is -2.47. The molecule has 1 atom stereocenters. The van der Waals surface area contributed by atoms with Crippen LogP contribution in [0.1, 0.15) is 42.4 Å². The number of alkyl carbamates (subject to hydrolysis) is 1. The van der Waals surface area contributed by atoms with Gasteiger partial charge in [-0.25, -0.2) is 4.79 Å². The third-order valence-corrected chi connectivity index (χ3v) is 4.86. The number of rotatable bonds is 13. The van der Waals surface area contributed by atoms with Crippen LogP contribution in [-0.2, 0) is 27.4 Å². The number of carbonyl (C=O) groups excluding carboxylic acids is 2. The van der Waals surface area contributed by atoms with Crippen molar-refractivity contribution in [2.45, 2.75) is 44.8 Å². The van der Waals surface area contributed by atoms with Gasteiger partial charge in [0.05, 0.1) is 6.21 Å². The number of nitrogens with one attached hydrogen (secondary N) is 2. The Labute approximate surface area is 193 Å². The van der Waals surface area contributed by atoms with E-state index in [1.807, 2.05) is 54.6 Å². The van der Waals surface area contributed by atoms with E-state index in [-0.39, 0.29) is 19.4 Å². The molecule has 9 nitrogen and oxygen atoms in total. The van der Waals surface area contributed by atoms with Crippen LogP contribution >= 0.6 is 0 Å². The molecule has 2 aromatic rings. The molecular weight excluding hydrogens is 424 g/mol. The fourth-order valence-corrected chi connectivity index (χ4v) is 3.09. The molecule has 9 heteroatoms. The third kappa shape index (κ3) is 10.3. The van der Waals surface area contributed by atoms with Crippen LogP contribution in [0.4, 0.5) is 4.79 Å². The van der Waals surface area contributed by atoms with Crippen molar-refractivity contribution in [3.63, 3.8) is 0 Å². The van der Waals surface area contributed by atoms with Crippen molar-refractivity contribution in [3.05, 3.63) is 71.3 Å². The molecule has 0 bridgehead atoms. The predicted molar refractivity (Wildman–Crippen MR) is 125 cm³/mol. The molecule has 5 N–H and O–H groups in total. The van der Waals surface area contributed by atoms with Crippen molar-refractivity contribution in [1.29, 1.82) is 0 Å². The van der Waals surface area contributed by atoms with Crippen LogP contribution in [0.5, 0.6) is 0 Å². The second-order valence-corrected chi connectivity index (χ2v) is 7.46. The molecule has 33 heavy (non-hydrogen) atoms. The van der Waals surface area contributed by atoms with Gasteiger partial charge in [-0.2, -0.15) is 5.10 Å². The highest BCUT2D eigenvalue weighted by molar-refractivity contribution is 5.86. The van der Waals surface area contributed by atoms with Crippen molar-refractivity contribution in [2.24, 2.45) is 10.9 Å². The number of carboxylic acids is 1. The van der Waals surface area contributed by atoms with Gasteiger partial charge in [0, 0.05) is 13.0 Å². The lowest BCUT2D eigenvalue weighted by Gasteiger charge is -2.18. The Balaban J connectivity index is 1.74. The first-order valence-electron chi connectivity index (χ1n) is 10.8. The highest BCUT2D eigenvalue weighted by Gasteiger charge is 2.22. The van der Waals surface area contributed by atoms with Gasteiger partial charge in [-0.3, -0.25) is 9.59 Å². The number of benzene rings is 2. The molecule has 0 spiro atoms. The van der Waals surface area contributed by atoms with Crippen molar-refractivity contribution in [2.75, 3.05) is 6.54 Å². The topological polar surface area (TPSA) is 143 Å². The zero-order valence-electron chi connectivity index (χ0n) is 18.4. The maximum atomic E-state index is 12.5. The highest BCUT2D eigenvalue weighted by atomic mass is 16.5. The Kier molecular flexibility index (Phi) is 10.9. The number of aryl methyl sites for hydroxylation is 1. The Morgan fingerprint density at radius 2 is 1.76 bits per heavy atom. The normalized spacial score (nSPS) is 11.6. The molecule has 0 aromatic heterocycles. The number of hydrogen-bond donors (Lipinski definition) is 4. The van der Waals surface area contributed by atoms with Gasteiger partial charge in [0.25, 0.3) is 0 Å². The Hall–Kier alpha value is -3.88. The molecule has 0 radical (unpaired) electrons. The summed E-state index contributed by atoms with van der Waals surface area (Å²) in [4.78, 5) is 35.5. The molecule has 2 aromatic carbocycles. The summed E-state index contributed by atoms with van der Waals surface area (Å²) in [5, 5.41) is 17.7. The van der Waals surface area contributed by atoms with E-state index >= 15 is 0 Å². The largest absolute Gasteiger partial charge is 0.481 e. The molecule has 0 fully saturated rings. The number of unbranched alkanes of at least 4 members (excludes halogenated alkanes) is 1. The number of ether oxygens (including phenoxy) is 1. The molecular formula is C24H30N4O5. The van der Waals surface area contributed by atoms with Crippen molar-refractivity contribution >= 4 is 24.2 Å². The molecule has 0 saturated heterocycles. The first-order valence-corrected chi connectivity index (χ1v) is 10.8. The van der Waals surface area contributed by atoms with E-state index < -0.39 is 24.0 Å². The molecule has 0 aliphatic rings. The first-order chi connectivity index (χ1) is 16.0. The van der Waals surface area contributed by atoms with Crippen molar-refractivity contribution in [1.82, 2.24) is 10.6 Å². The van der Waals surface area contributed by atoms with E-state index in [0.717, 1.165) is 36.0 Å². The summed E-state index contributed by atoms with van der Waals surface area (Å²) in [7, 11) is 0. The number of carboxylic acid groups (broad SMARTS) is 1. The van der Waals surface area contributed by atoms with Gasteiger partial charge >= 0.3 is 12.1 Å². The number of aliphatic carboxylic acids is 1. The molecule has 176 valence electrons. The smallest absolute Gasteiger partial charge is 0.408 e. The molecule has 0 aliphatic carbocycles. The maximum absolute atomic E-state index is 12.5. The SMILES string of the molecule is NN=Cc1ccc(CCCCNC(=O)[C@@H](CCC(=O)O)NC(=O)OCc2ccccc2)cc1. The van der Waals surface area contributed by atoms with Crippen molar-refractivity contribution in [3.8, 4) is 0 Å². The van der Waals surface area contributed by atoms with Gasteiger partial charge in [-0.15, -0.1) is 0 Å². The van der Waals surface area contributed by atoms with Crippen LogP contribution in [0.2, 0.25) is 0 Å². The van der Waals surface area contributed by atoms with E-state index in [0.29, 0.717) is 6.54 Å². The summed E-state index contributed by atoms with van der Waals surface area (Å²) < 4.78 is 5.14. The van der Waals surface area contributed by atoms with Gasteiger partial charge in [0.1, 0.15) is 12.6 Å². The summed E-state index contributed by atoms with van der Waals surface area (Å²) in [6.45, 7) is 0.473. The number of nitrogens with zero attached hydrogens (tertiary/aromatic N) is 1. The quantitative estimate of drug-likeness (QED) is 0.159. The standard InChI is InChI=1S/C24H30N4O5/c25-27-16-19-11-9-18(10-12-19)6-4-5-15-26-23(31)21(13-14-22(29)30)28-24(32)33-17-20-7-2-1-3-8-20/h1-3,7-12,16,21H,4-6,13-15,17,25H2,(H,26,31)(H,28,32)(H,29,30)/t21-/m1/s1. The van der Waals surface area contributed by atoms with Gasteiger partial charge in [0.2, 0.25) is 5.91 Å². The number of carbonyl (C=O) groups is 3. The molecule has 2 amide bonds. The van der Waals surface area contributed by atoms with Crippen molar-refractivity contribution < 1.29 is 24.2 Å². The number of nitrogens with two attached hydrogens (primary N) is 1. The molecule has 0 heterocycles. The minimum absolute atomic E-state index is 0.0277. The van der Waals surface area contributed by atoms with Crippen LogP contribution in [0.3, 0.4) is 0 Å². The summed E-state index contributed by atoms with van der Waals surface area (Å²) >= 11 is 0. The van der Waals surface area contributed by atoms with E-state index in [1.54, 1.807) is 6.21 Å². The number of hydrogen-bond acceptors (Lipinski definition) is 6. The third-order valence-electron chi connectivity index (χ3n) is 4.86. The molecule has 0 aliphatic heterocycles. The average molecular weight is 455 g/mol. The van der Waals surface area contributed by atoms with Gasteiger partial charge in [-0.05, 0) is 42.4 Å². The highest BCUT2D eigenvalue weighted by Crippen LogP contribution is 2.07. The zero-order valence-corrected chi connectivity index (χ0v) is 18.4. The lowest BCUT2D eigenvalue weighted by atomic mass is 10.1. The summed E-state index contributed by atoms with van der Waals surface area (Å²) in [6.07, 6.45) is 2.97. The van der Waals surface area contributed by atoms with Crippen LogP contribution in [0, 0.1) is 0 Å². The average Bonchev–Trinajstić information content (AvgIpc) is 2.82. The van der Waals surface area contributed by atoms with Crippen LogP contribution in [0.15, 0.2) is 59.7 Å². The molecule has 0 saturated carbocycles. The summed E-state index contributed by atoms with van der Waals surface area (Å²) in [5.41, 5.74) is 2.90. The van der Waals surface area contributed by atoms with E-state index in [2.05, 4.69) is 15.7 Å². The molecule has 2 rings (SSSR count). The van der Waals surface area contributed by atoms with Gasteiger partial charge in [-0.1, -0.05) is 54.6 Å². The van der Waals surface area contributed by atoms with Gasteiger partial charge in [0.15, 0.2) is 0 Å². The second kappa shape index (κ2) is 14.2. The minimum Gasteiger partial charge on any atom is -0.481 e. The number of amides is 2. The summed E-state index contributed by atoms with van der Waals surface area (Å²) in [5.74, 6) is 3.66. The van der Waals surface area contributed by atoms with Crippen LogP contribution in [0.25, 0.3) is 0 Å². The maximum Gasteiger partial charge on any atom is 0.408 e. The summed E-state index contributed by atoms with van der Waals surface area (Å²) in [6, 6.07) is 16.0. The molecule has 0 unspecified atom stereocenters. The predicted octanol–water partition coefficient (Wildman–Crippen LogP) is 2.58.